The minimum atomic E-state index is -0.305. The lowest BCUT2D eigenvalue weighted by Gasteiger charge is -2.18. The zero-order chi connectivity index (χ0) is 20.5. The van der Waals surface area contributed by atoms with Gasteiger partial charge in [0.05, 0.1) is 16.2 Å². The van der Waals surface area contributed by atoms with Gasteiger partial charge < -0.3 is 0 Å². The lowest BCUT2D eigenvalue weighted by Crippen LogP contribution is -2.31. The summed E-state index contributed by atoms with van der Waals surface area (Å²) in [5.74, 6) is -0.606. The van der Waals surface area contributed by atoms with Gasteiger partial charge in [-0.3, -0.25) is 9.59 Å². The number of hydrogen-bond donors (Lipinski definition) is 0. The van der Waals surface area contributed by atoms with Gasteiger partial charge in [-0.25, -0.2) is 4.90 Å². The number of rotatable bonds is 4. The van der Waals surface area contributed by atoms with Crippen LogP contribution in [0.4, 0.5) is 5.69 Å². The Balaban J connectivity index is 1.82. The van der Waals surface area contributed by atoms with Gasteiger partial charge in [-0.2, -0.15) is 0 Å². The summed E-state index contributed by atoms with van der Waals surface area (Å²) < 4.78 is 0. The summed E-state index contributed by atoms with van der Waals surface area (Å²) in [5, 5.41) is 0.623. The maximum absolute atomic E-state index is 13.4. The van der Waals surface area contributed by atoms with Crippen molar-refractivity contribution in [2.24, 2.45) is 0 Å². The number of carbonyl (C=O) groups is 2. The highest BCUT2D eigenvalue weighted by molar-refractivity contribution is 8.04. The van der Waals surface area contributed by atoms with Gasteiger partial charge in [0, 0.05) is 9.92 Å². The van der Waals surface area contributed by atoms with Crippen molar-refractivity contribution in [3.8, 4) is 0 Å². The Labute approximate surface area is 179 Å². The van der Waals surface area contributed by atoms with Crippen molar-refractivity contribution in [1.29, 1.82) is 0 Å². The van der Waals surface area contributed by atoms with E-state index in [1.165, 1.54) is 16.7 Å². The molecule has 0 radical (unpaired) electrons. The topological polar surface area (TPSA) is 37.4 Å². The number of nitrogens with zero attached hydrogens (tertiary/aromatic N) is 1. The molecule has 0 saturated heterocycles. The van der Waals surface area contributed by atoms with E-state index in [1.807, 2.05) is 74.5 Å². The first kappa shape index (κ1) is 19.5. The molecule has 0 aromatic heterocycles. The molecule has 1 aliphatic rings. The molecule has 0 spiro atoms. The minimum Gasteiger partial charge on any atom is -0.268 e. The molecule has 1 heterocycles. The van der Waals surface area contributed by atoms with Gasteiger partial charge in [0.15, 0.2) is 0 Å². The van der Waals surface area contributed by atoms with Crippen LogP contribution in [0, 0.1) is 13.8 Å². The van der Waals surface area contributed by atoms with Crippen LogP contribution >= 0.6 is 23.4 Å². The lowest BCUT2D eigenvalue weighted by molar-refractivity contribution is -0.119. The molecule has 3 nitrogen and oxygen atoms in total. The summed E-state index contributed by atoms with van der Waals surface area (Å²) in [6, 6.07) is 22.3. The molecule has 4 rings (SSSR count). The van der Waals surface area contributed by atoms with Gasteiger partial charge in [-0.15, -0.1) is 0 Å². The minimum absolute atomic E-state index is 0.301. The number of anilines is 1. The Morgan fingerprint density at radius 1 is 0.828 bits per heavy atom. The van der Waals surface area contributed by atoms with Crippen molar-refractivity contribution in [3.63, 3.8) is 0 Å². The summed E-state index contributed by atoms with van der Waals surface area (Å²) >= 11 is 7.28. The van der Waals surface area contributed by atoms with Crippen LogP contribution in [0.2, 0.25) is 5.02 Å². The third-order valence-electron chi connectivity index (χ3n) is 4.73. The van der Waals surface area contributed by atoms with Crippen LogP contribution < -0.4 is 4.90 Å². The predicted molar refractivity (Wildman–Crippen MR) is 119 cm³/mol. The molecule has 3 aromatic carbocycles. The number of imide groups is 1. The summed E-state index contributed by atoms with van der Waals surface area (Å²) in [4.78, 5) is 29.4. The summed E-state index contributed by atoms with van der Waals surface area (Å²) in [6.45, 7) is 3.90. The van der Waals surface area contributed by atoms with E-state index in [0.29, 0.717) is 21.2 Å². The third kappa shape index (κ3) is 3.74. The van der Waals surface area contributed by atoms with E-state index in [9.17, 15) is 9.59 Å². The Kier molecular flexibility index (Phi) is 5.31. The van der Waals surface area contributed by atoms with Crippen molar-refractivity contribution in [2.45, 2.75) is 18.7 Å². The molecular weight excluding hydrogens is 402 g/mol. The van der Waals surface area contributed by atoms with Crippen molar-refractivity contribution < 1.29 is 9.59 Å². The number of amides is 2. The Morgan fingerprint density at radius 2 is 1.52 bits per heavy atom. The highest BCUT2D eigenvalue weighted by Gasteiger charge is 2.40. The zero-order valence-electron chi connectivity index (χ0n) is 16.0. The van der Waals surface area contributed by atoms with Gasteiger partial charge in [-0.05, 0) is 55.3 Å². The molecule has 29 heavy (non-hydrogen) atoms. The molecule has 0 N–H and O–H groups in total. The van der Waals surface area contributed by atoms with E-state index >= 15 is 0 Å². The number of carbonyl (C=O) groups excluding carboxylic acids is 2. The molecule has 0 atom stereocenters. The van der Waals surface area contributed by atoms with E-state index < -0.39 is 0 Å². The van der Waals surface area contributed by atoms with Crippen LogP contribution in [0.3, 0.4) is 0 Å². The second-order valence-corrected chi connectivity index (χ2v) is 8.38. The largest absolute Gasteiger partial charge is 0.272 e. The number of hydrogen-bond acceptors (Lipinski definition) is 3. The molecule has 1 aliphatic heterocycles. The second-order valence-electron chi connectivity index (χ2n) is 6.86. The van der Waals surface area contributed by atoms with Crippen molar-refractivity contribution in [3.05, 3.63) is 99.4 Å². The van der Waals surface area contributed by atoms with E-state index in [4.69, 9.17) is 11.6 Å². The fourth-order valence-corrected chi connectivity index (χ4v) is 4.48. The van der Waals surface area contributed by atoms with Crippen molar-refractivity contribution in [1.82, 2.24) is 0 Å². The normalized spacial score (nSPS) is 14.1. The Morgan fingerprint density at radius 3 is 2.17 bits per heavy atom. The molecular formula is C24H18ClNO2S. The highest BCUT2D eigenvalue weighted by Crippen LogP contribution is 2.42. The van der Waals surface area contributed by atoms with Gasteiger partial charge in [0.2, 0.25) is 0 Å². The number of thioether (sulfide) groups is 1. The molecule has 5 heteroatoms. The number of aryl methyl sites for hydroxylation is 2. The molecule has 0 bridgehead atoms. The first-order chi connectivity index (χ1) is 14.0. The zero-order valence-corrected chi connectivity index (χ0v) is 17.6. The predicted octanol–water partition coefficient (Wildman–Crippen LogP) is 6.03. The van der Waals surface area contributed by atoms with Gasteiger partial charge in [-0.1, -0.05) is 71.4 Å². The van der Waals surface area contributed by atoms with Crippen LogP contribution in [0.25, 0.3) is 5.57 Å². The molecule has 2 amide bonds. The molecule has 0 aliphatic carbocycles. The SMILES string of the molecule is Cc1ccc(N2C(=O)C(Sc3ccc(Cl)cc3)=C(c3ccccc3)C2=O)c(C)c1. The van der Waals surface area contributed by atoms with Crippen LogP contribution in [0.1, 0.15) is 16.7 Å². The van der Waals surface area contributed by atoms with Gasteiger partial charge >= 0.3 is 0 Å². The Bertz CT molecular complexity index is 1140. The molecule has 144 valence electrons. The quantitative estimate of drug-likeness (QED) is 0.484. The van der Waals surface area contributed by atoms with E-state index in [0.717, 1.165) is 21.6 Å². The van der Waals surface area contributed by atoms with Gasteiger partial charge in [0.25, 0.3) is 11.8 Å². The van der Waals surface area contributed by atoms with E-state index in [1.54, 1.807) is 12.1 Å². The molecule has 0 unspecified atom stereocenters. The fourth-order valence-electron chi connectivity index (χ4n) is 3.36. The van der Waals surface area contributed by atoms with Gasteiger partial charge in [0.1, 0.15) is 0 Å². The summed E-state index contributed by atoms with van der Waals surface area (Å²) in [7, 11) is 0. The number of halogens is 1. The maximum Gasteiger partial charge on any atom is 0.272 e. The van der Waals surface area contributed by atoms with Crippen LogP contribution in [0.5, 0.6) is 0 Å². The van der Waals surface area contributed by atoms with Crippen LogP contribution in [-0.4, -0.2) is 11.8 Å². The van der Waals surface area contributed by atoms with Crippen molar-refractivity contribution in [2.75, 3.05) is 4.90 Å². The molecule has 3 aromatic rings. The fraction of sp³-hybridized carbons (Fsp3) is 0.0833. The lowest BCUT2D eigenvalue weighted by atomic mass is 10.1. The molecule has 0 saturated carbocycles. The van der Waals surface area contributed by atoms with E-state index in [2.05, 4.69) is 0 Å². The maximum atomic E-state index is 13.4. The third-order valence-corrected chi connectivity index (χ3v) is 6.07. The first-order valence-corrected chi connectivity index (χ1v) is 10.3. The number of benzene rings is 3. The summed E-state index contributed by atoms with van der Waals surface area (Å²) in [5.41, 5.74) is 3.74. The first-order valence-electron chi connectivity index (χ1n) is 9.15. The van der Waals surface area contributed by atoms with E-state index in [-0.39, 0.29) is 11.8 Å². The second kappa shape index (κ2) is 7.90. The average molecular weight is 420 g/mol. The Hall–Kier alpha value is -2.82. The average Bonchev–Trinajstić information content (AvgIpc) is 2.94. The van der Waals surface area contributed by atoms with Crippen molar-refractivity contribution >= 4 is 46.4 Å². The highest BCUT2D eigenvalue weighted by atomic mass is 35.5. The standard InChI is InChI=1S/C24H18ClNO2S/c1-15-8-13-20(16(2)14-15)26-23(27)21(17-6-4-3-5-7-17)22(24(26)28)29-19-11-9-18(25)10-12-19/h3-14H,1-2H3. The smallest absolute Gasteiger partial charge is 0.268 e. The van der Waals surface area contributed by atoms with Crippen LogP contribution in [0.15, 0.2) is 82.6 Å². The summed E-state index contributed by atoms with van der Waals surface area (Å²) in [6.07, 6.45) is 0. The monoisotopic (exact) mass is 419 g/mol. The molecule has 0 fully saturated rings. The van der Waals surface area contributed by atoms with Crippen LogP contribution in [-0.2, 0) is 9.59 Å².